The lowest BCUT2D eigenvalue weighted by Gasteiger charge is -2.12. The molecule has 7 nitrogen and oxygen atoms in total. The van der Waals surface area contributed by atoms with Crippen LogP contribution in [0.3, 0.4) is 0 Å². The summed E-state index contributed by atoms with van der Waals surface area (Å²) >= 11 is 1.07. The summed E-state index contributed by atoms with van der Waals surface area (Å²) in [6, 6.07) is 11.6. The van der Waals surface area contributed by atoms with Gasteiger partial charge in [-0.1, -0.05) is 18.2 Å². The molecule has 0 aliphatic heterocycles. The zero-order valence-electron chi connectivity index (χ0n) is 14.8. The summed E-state index contributed by atoms with van der Waals surface area (Å²) in [6.45, 7) is 0. The zero-order chi connectivity index (χ0) is 19.6. The highest BCUT2D eigenvalue weighted by Crippen LogP contribution is 2.36. The molecule has 27 heavy (non-hydrogen) atoms. The van der Waals surface area contributed by atoms with Gasteiger partial charge in [0, 0.05) is 28.3 Å². The van der Waals surface area contributed by atoms with Crippen LogP contribution in [0.2, 0.25) is 0 Å². The predicted octanol–water partition coefficient (Wildman–Crippen LogP) is 3.51. The maximum Gasteiger partial charge on any atom is 0.349 e. The Hall–Kier alpha value is -2.78. The molecule has 0 aliphatic rings. The van der Waals surface area contributed by atoms with Gasteiger partial charge in [-0.3, -0.25) is 4.72 Å². The molecule has 1 aromatic heterocycles. The Labute approximate surface area is 160 Å². The second-order valence-electron chi connectivity index (χ2n) is 5.45. The molecule has 0 bridgehead atoms. The van der Waals surface area contributed by atoms with Gasteiger partial charge in [0.2, 0.25) is 0 Å². The van der Waals surface area contributed by atoms with Crippen molar-refractivity contribution in [2.45, 2.75) is 4.90 Å². The highest BCUT2D eigenvalue weighted by Gasteiger charge is 2.29. The molecule has 0 radical (unpaired) electrons. The van der Waals surface area contributed by atoms with Crippen molar-refractivity contribution < 1.29 is 27.4 Å². The molecule has 0 spiro atoms. The van der Waals surface area contributed by atoms with Crippen LogP contribution in [0.4, 0.5) is 5.69 Å². The summed E-state index contributed by atoms with van der Waals surface area (Å²) < 4.78 is 44.5. The SMILES string of the molecule is COC(=O)c1sc2ccccc2c1S(=O)(=O)Nc1cc(OC)cc(OC)c1. The molecular weight excluding hydrogens is 390 g/mol. The maximum atomic E-state index is 13.1. The third-order valence-corrected chi connectivity index (χ3v) is 6.54. The molecule has 0 unspecified atom stereocenters. The topological polar surface area (TPSA) is 90.9 Å². The molecule has 9 heteroatoms. The number of methoxy groups -OCH3 is 3. The van der Waals surface area contributed by atoms with Crippen molar-refractivity contribution in [3.05, 3.63) is 47.3 Å². The second-order valence-corrected chi connectivity index (χ2v) is 8.13. The molecule has 0 amide bonds. The van der Waals surface area contributed by atoms with Crippen molar-refractivity contribution in [3.8, 4) is 11.5 Å². The summed E-state index contributed by atoms with van der Waals surface area (Å²) in [7, 11) is 0.0621. The molecule has 1 heterocycles. The lowest BCUT2D eigenvalue weighted by molar-refractivity contribution is 0.0602. The van der Waals surface area contributed by atoms with E-state index in [0.717, 1.165) is 11.3 Å². The quantitative estimate of drug-likeness (QED) is 0.629. The highest BCUT2D eigenvalue weighted by molar-refractivity contribution is 7.93. The lowest BCUT2D eigenvalue weighted by Crippen LogP contribution is -2.16. The first kappa shape index (κ1) is 19.0. The molecule has 2 aromatic carbocycles. The highest BCUT2D eigenvalue weighted by atomic mass is 32.2. The smallest absolute Gasteiger partial charge is 0.349 e. The van der Waals surface area contributed by atoms with Crippen LogP contribution < -0.4 is 14.2 Å². The average Bonchev–Trinajstić information content (AvgIpc) is 3.07. The van der Waals surface area contributed by atoms with E-state index in [1.165, 1.54) is 33.5 Å². The number of hydrogen-bond donors (Lipinski definition) is 1. The first-order valence-electron chi connectivity index (χ1n) is 7.75. The van der Waals surface area contributed by atoms with Crippen molar-refractivity contribution in [2.24, 2.45) is 0 Å². The van der Waals surface area contributed by atoms with Crippen LogP contribution in [0.15, 0.2) is 47.4 Å². The maximum absolute atomic E-state index is 13.1. The largest absolute Gasteiger partial charge is 0.497 e. The Morgan fingerprint density at radius 1 is 1.00 bits per heavy atom. The van der Waals surface area contributed by atoms with Gasteiger partial charge >= 0.3 is 5.97 Å². The number of rotatable bonds is 6. The van der Waals surface area contributed by atoms with Gasteiger partial charge in [0.15, 0.2) is 0 Å². The van der Waals surface area contributed by atoms with Gasteiger partial charge < -0.3 is 14.2 Å². The van der Waals surface area contributed by atoms with E-state index in [0.29, 0.717) is 21.6 Å². The van der Waals surface area contributed by atoms with Crippen LogP contribution >= 0.6 is 11.3 Å². The summed E-state index contributed by atoms with van der Waals surface area (Å²) in [5.74, 6) is 0.144. The van der Waals surface area contributed by atoms with Crippen molar-refractivity contribution in [3.63, 3.8) is 0 Å². The molecular formula is C18H17NO6S2. The number of sulfonamides is 1. The number of anilines is 1. The average molecular weight is 407 g/mol. The van der Waals surface area contributed by atoms with Crippen molar-refractivity contribution >= 4 is 43.1 Å². The second kappa shape index (κ2) is 7.45. The predicted molar refractivity (Wildman–Crippen MR) is 104 cm³/mol. The van der Waals surface area contributed by atoms with Crippen LogP contribution in [-0.4, -0.2) is 35.7 Å². The first-order valence-corrected chi connectivity index (χ1v) is 10.1. The van der Waals surface area contributed by atoms with Crippen LogP contribution in [0.5, 0.6) is 11.5 Å². The van der Waals surface area contributed by atoms with E-state index in [4.69, 9.17) is 14.2 Å². The summed E-state index contributed by atoms with van der Waals surface area (Å²) in [5.41, 5.74) is 0.247. The molecule has 142 valence electrons. The number of thiophene rings is 1. The number of hydrogen-bond acceptors (Lipinski definition) is 7. The number of nitrogens with one attached hydrogen (secondary N) is 1. The van der Waals surface area contributed by atoms with Crippen LogP contribution in [-0.2, 0) is 14.8 Å². The number of ether oxygens (including phenoxy) is 3. The van der Waals surface area contributed by atoms with E-state index >= 15 is 0 Å². The molecule has 3 aromatic rings. The Morgan fingerprint density at radius 2 is 1.63 bits per heavy atom. The van der Waals surface area contributed by atoms with E-state index in [1.54, 1.807) is 30.3 Å². The number of carbonyl (C=O) groups is 1. The number of fused-ring (bicyclic) bond motifs is 1. The molecule has 0 saturated heterocycles. The lowest BCUT2D eigenvalue weighted by atomic mass is 10.2. The Morgan fingerprint density at radius 3 is 2.22 bits per heavy atom. The van der Waals surface area contributed by atoms with E-state index in [2.05, 4.69) is 4.72 Å². The van der Waals surface area contributed by atoms with Crippen LogP contribution in [0.1, 0.15) is 9.67 Å². The monoisotopic (exact) mass is 407 g/mol. The minimum absolute atomic E-state index is 0.0149. The first-order chi connectivity index (χ1) is 12.9. The zero-order valence-corrected chi connectivity index (χ0v) is 16.4. The Bertz CT molecular complexity index is 1080. The normalized spacial score (nSPS) is 11.2. The fraction of sp³-hybridized carbons (Fsp3) is 0.167. The van der Waals surface area contributed by atoms with Gasteiger partial charge in [-0.2, -0.15) is 0 Å². The third kappa shape index (κ3) is 3.69. The molecule has 0 fully saturated rings. The van der Waals surface area contributed by atoms with Gasteiger partial charge in [0.05, 0.1) is 27.0 Å². The summed E-state index contributed by atoms with van der Waals surface area (Å²) in [5, 5.41) is 0.449. The van der Waals surface area contributed by atoms with Gasteiger partial charge in [0.1, 0.15) is 21.3 Å². The van der Waals surface area contributed by atoms with E-state index < -0.39 is 16.0 Å². The van der Waals surface area contributed by atoms with Gasteiger partial charge in [-0.25, -0.2) is 13.2 Å². The van der Waals surface area contributed by atoms with Crippen LogP contribution in [0.25, 0.3) is 10.1 Å². The molecule has 3 rings (SSSR count). The van der Waals surface area contributed by atoms with Crippen molar-refractivity contribution in [2.75, 3.05) is 26.1 Å². The van der Waals surface area contributed by atoms with E-state index in [-0.39, 0.29) is 15.5 Å². The Balaban J connectivity index is 2.14. The molecule has 1 N–H and O–H groups in total. The van der Waals surface area contributed by atoms with Crippen LogP contribution in [0, 0.1) is 0 Å². The standard InChI is InChI=1S/C18H17NO6S2/c1-23-12-8-11(9-13(10-12)24-2)19-27(21,22)17-14-6-4-5-7-15(14)26-16(17)18(20)25-3/h4-10,19H,1-3H3. The minimum atomic E-state index is -4.08. The third-order valence-electron chi connectivity index (χ3n) is 3.79. The van der Waals surface area contributed by atoms with Gasteiger partial charge in [-0.05, 0) is 6.07 Å². The van der Waals surface area contributed by atoms with Gasteiger partial charge in [-0.15, -0.1) is 11.3 Å². The number of benzene rings is 2. The van der Waals surface area contributed by atoms with E-state index in [9.17, 15) is 13.2 Å². The molecule has 0 atom stereocenters. The fourth-order valence-electron chi connectivity index (χ4n) is 2.59. The number of carbonyl (C=O) groups excluding carboxylic acids is 1. The Kier molecular flexibility index (Phi) is 5.24. The molecule has 0 aliphatic carbocycles. The van der Waals surface area contributed by atoms with Gasteiger partial charge in [0.25, 0.3) is 10.0 Å². The summed E-state index contributed by atoms with van der Waals surface area (Å²) in [4.78, 5) is 12.1. The van der Waals surface area contributed by atoms with Crippen molar-refractivity contribution in [1.29, 1.82) is 0 Å². The summed E-state index contributed by atoms with van der Waals surface area (Å²) in [6.07, 6.45) is 0. The van der Waals surface area contributed by atoms with Crippen molar-refractivity contribution in [1.82, 2.24) is 0 Å². The number of esters is 1. The molecule has 0 saturated carbocycles. The van der Waals surface area contributed by atoms with E-state index in [1.807, 2.05) is 0 Å². The minimum Gasteiger partial charge on any atom is -0.497 e. The fourth-order valence-corrected chi connectivity index (χ4v) is 5.45.